The van der Waals surface area contributed by atoms with Crippen molar-refractivity contribution in [3.8, 4) is 0 Å². The van der Waals surface area contributed by atoms with Gasteiger partial charge in [-0.3, -0.25) is 24.1 Å². The molecule has 0 radical (unpaired) electrons. The topological polar surface area (TPSA) is 92.8 Å². The number of nitrogens with zero attached hydrogens (tertiary/aromatic N) is 1. The number of halogens is 1. The molecule has 3 amide bonds. The van der Waals surface area contributed by atoms with E-state index in [2.05, 4.69) is 5.32 Å². The van der Waals surface area contributed by atoms with Crippen molar-refractivity contribution in [1.29, 1.82) is 0 Å². The van der Waals surface area contributed by atoms with E-state index in [-0.39, 0.29) is 11.5 Å². The Morgan fingerprint density at radius 1 is 1.26 bits per heavy atom. The van der Waals surface area contributed by atoms with E-state index in [4.69, 9.17) is 4.74 Å². The Labute approximate surface area is 131 Å². The Balaban J connectivity index is 1.75. The fourth-order valence-electron chi connectivity index (χ4n) is 2.08. The molecule has 2 rings (SSSR count). The van der Waals surface area contributed by atoms with Crippen LogP contribution in [0.3, 0.4) is 0 Å². The Morgan fingerprint density at radius 3 is 2.65 bits per heavy atom. The zero-order valence-electron chi connectivity index (χ0n) is 12.2. The van der Waals surface area contributed by atoms with E-state index < -0.39 is 36.8 Å². The summed E-state index contributed by atoms with van der Waals surface area (Å²) in [7, 11) is 0. The first-order valence-corrected chi connectivity index (χ1v) is 7.00. The highest BCUT2D eigenvalue weighted by Gasteiger charge is 2.27. The molecule has 0 saturated carbocycles. The molecule has 8 heteroatoms. The van der Waals surface area contributed by atoms with Gasteiger partial charge in [-0.25, -0.2) is 4.39 Å². The van der Waals surface area contributed by atoms with Crippen LogP contribution in [-0.4, -0.2) is 48.3 Å². The third-order valence-corrected chi connectivity index (χ3v) is 3.24. The summed E-state index contributed by atoms with van der Waals surface area (Å²) in [5, 5.41) is 2.20. The van der Waals surface area contributed by atoms with Gasteiger partial charge in [-0.15, -0.1) is 0 Å². The molecule has 122 valence electrons. The number of likely N-dealkylation sites (tertiary alicyclic amines) is 1. The monoisotopic (exact) mass is 322 g/mol. The molecule has 1 heterocycles. The van der Waals surface area contributed by atoms with Crippen LogP contribution < -0.4 is 5.32 Å². The maximum Gasteiger partial charge on any atom is 0.325 e. The molecule has 0 bridgehead atoms. The summed E-state index contributed by atoms with van der Waals surface area (Å²) in [6.07, 6.45) is 0.898. The van der Waals surface area contributed by atoms with Gasteiger partial charge in [0.05, 0.1) is 5.56 Å². The van der Waals surface area contributed by atoms with Gasteiger partial charge in [-0.2, -0.15) is 0 Å². The lowest BCUT2D eigenvalue weighted by atomic mass is 10.2. The predicted octanol–water partition coefficient (Wildman–Crippen LogP) is 0.248. The molecule has 23 heavy (non-hydrogen) atoms. The summed E-state index contributed by atoms with van der Waals surface area (Å²) in [5.74, 6) is -3.21. The molecule has 1 aromatic rings. The van der Waals surface area contributed by atoms with Crippen LogP contribution in [0.4, 0.5) is 4.39 Å². The van der Waals surface area contributed by atoms with Gasteiger partial charge < -0.3 is 10.1 Å². The first-order chi connectivity index (χ1) is 11.0. The van der Waals surface area contributed by atoms with Crippen molar-refractivity contribution in [2.24, 2.45) is 0 Å². The zero-order valence-corrected chi connectivity index (χ0v) is 12.2. The summed E-state index contributed by atoms with van der Waals surface area (Å²) in [6.45, 7) is -0.756. The number of benzene rings is 1. The van der Waals surface area contributed by atoms with Crippen molar-refractivity contribution >= 4 is 23.7 Å². The quantitative estimate of drug-likeness (QED) is 0.784. The lowest BCUT2D eigenvalue weighted by molar-refractivity contribution is -0.154. The van der Waals surface area contributed by atoms with E-state index in [0.717, 1.165) is 11.0 Å². The predicted molar refractivity (Wildman–Crippen MR) is 75.6 cm³/mol. The van der Waals surface area contributed by atoms with Gasteiger partial charge >= 0.3 is 5.97 Å². The molecule has 0 atom stereocenters. The highest BCUT2D eigenvalue weighted by Crippen LogP contribution is 2.09. The van der Waals surface area contributed by atoms with E-state index in [1.54, 1.807) is 0 Å². The highest BCUT2D eigenvalue weighted by molar-refractivity contribution is 5.98. The Hall–Kier alpha value is -2.77. The summed E-state index contributed by atoms with van der Waals surface area (Å²) in [4.78, 5) is 47.2. The fraction of sp³-hybridized carbons (Fsp3) is 0.333. The summed E-state index contributed by atoms with van der Waals surface area (Å²) in [5.41, 5.74) is -0.195. The number of carbonyl (C=O) groups is 4. The summed E-state index contributed by atoms with van der Waals surface area (Å²) in [6, 6.07) is 5.32. The van der Waals surface area contributed by atoms with E-state index in [1.807, 2.05) is 0 Å². The van der Waals surface area contributed by atoms with Crippen molar-refractivity contribution in [2.75, 3.05) is 19.7 Å². The van der Waals surface area contributed by atoms with Gasteiger partial charge in [-0.05, 0) is 18.6 Å². The van der Waals surface area contributed by atoms with Crippen molar-refractivity contribution < 1.29 is 28.3 Å². The maximum atomic E-state index is 13.4. The second-order valence-electron chi connectivity index (χ2n) is 4.87. The number of hydrogen-bond donors (Lipinski definition) is 1. The molecule has 0 unspecified atom stereocenters. The third-order valence-electron chi connectivity index (χ3n) is 3.24. The number of hydrogen-bond acceptors (Lipinski definition) is 5. The number of rotatable bonds is 5. The average molecular weight is 322 g/mol. The van der Waals surface area contributed by atoms with Gasteiger partial charge in [0.15, 0.2) is 6.61 Å². The average Bonchev–Trinajstić information content (AvgIpc) is 2.97. The van der Waals surface area contributed by atoms with E-state index in [0.29, 0.717) is 19.4 Å². The van der Waals surface area contributed by atoms with Gasteiger partial charge in [0, 0.05) is 13.0 Å². The van der Waals surface area contributed by atoms with Crippen molar-refractivity contribution in [3.63, 3.8) is 0 Å². The minimum absolute atomic E-state index is 0.195. The van der Waals surface area contributed by atoms with Gasteiger partial charge in [0.25, 0.3) is 11.8 Å². The van der Waals surface area contributed by atoms with Gasteiger partial charge in [0.1, 0.15) is 12.4 Å². The molecule has 1 N–H and O–H groups in total. The molecule has 1 saturated heterocycles. The van der Waals surface area contributed by atoms with Gasteiger partial charge in [0.2, 0.25) is 5.91 Å². The lowest BCUT2D eigenvalue weighted by Gasteiger charge is -2.13. The third kappa shape index (κ3) is 4.35. The Morgan fingerprint density at radius 2 is 2.00 bits per heavy atom. The molecule has 1 fully saturated rings. The maximum absolute atomic E-state index is 13.4. The Kier molecular flexibility index (Phi) is 5.40. The molecule has 1 aliphatic heterocycles. The highest BCUT2D eigenvalue weighted by atomic mass is 19.1. The number of nitrogens with one attached hydrogen (secondary N) is 1. The molecule has 7 nitrogen and oxygen atoms in total. The van der Waals surface area contributed by atoms with Gasteiger partial charge in [-0.1, -0.05) is 12.1 Å². The number of esters is 1. The minimum atomic E-state index is -0.852. The summed E-state index contributed by atoms with van der Waals surface area (Å²) < 4.78 is 18.1. The molecular formula is C15H15FN2O5. The molecule has 0 aromatic heterocycles. The van der Waals surface area contributed by atoms with Crippen LogP contribution in [0.1, 0.15) is 23.2 Å². The smallest absolute Gasteiger partial charge is 0.325 e. The first kappa shape index (κ1) is 16.6. The van der Waals surface area contributed by atoms with Crippen molar-refractivity contribution in [2.45, 2.75) is 12.8 Å². The molecule has 1 aliphatic rings. The van der Waals surface area contributed by atoms with Crippen LogP contribution in [0.5, 0.6) is 0 Å². The van der Waals surface area contributed by atoms with Crippen molar-refractivity contribution in [1.82, 2.24) is 10.2 Å². The second kappa shape index (κ2) is 7.48. The van der Waals surface area contributed by atoms with E-state index in [9.17, 15) is 23.6 Å². The number of ether oxygens (including phenoxy) is 1. The Bertz CT molecular complexity index is 647. The van der Waals surface area contributed by atoms with Crippen LogP contribution >= 0.6 is 0 Å². The first-order valence-electron chi connectivity index (χ1n) is 7.00. The lowest BCUT2D eigenvalue weighted by Crippen LogP contribution is -2.37. The molecular weight excluding hydrogens is 307 g/mol. The van der Waals surface area contributed by atoms with Crippen LogP contribution in [0.15, 0.2) is 24.3 Å². The number of amides is 3. The molecule has 1 aromatic carbocycles. The zero-order chi connectivity index (χ0) is 16.8. The van der Waals surface area contributed by atoms with Crippen LogP contribution in [0.2, 0.25) is 0 Å². The standard InChI is InChI=1S/C15H15FN2O5/c16-11-5-2-1-4-10(11)15(22)17-8-14(21)23-9-13(20)18-7-3-6-12(18)19/h1-2,4-5H,3,6-9H2,(H,17,22). The van der Waals surface area contributed by atoms with Crippen LogP contribution in [0.25, 0.3) is 0 Å². The molecule has 0 aliphatic carbocycles. The van der Waals surface area contributed by atoms with Crippen LogP contribution in [0, 0.1) is 5.82 Å². The largest absolute Gasteiger partial charge is 0.454 e. The van der Waals surface area contributed by atoms with Crippen molar-refractivity contribution in [3.05, 3.63) is 35.6 Å². The fourth-order valence-corrected chi connectivity index (χ4v) is 2.08. The van der Waals surface area contributed by atoms with Crippen LogP contribution in [-0.2, 0) is 19.1 Å². The number of imide groups is 1. The SMILES string of the molecule is O=C(CNC(=O)c1ccccc1F)OCC(=O)N1CCCC1=O. The van der Waals surface area contributed by atoms with E-state index in [1.165, 1.54) is 18.2 Å². The van der Waals surface area contributed by atoms with E-state index >= 15 is 0 Å². The minimum Gasteiger partial charge on any atom is -0.454 e. The number of carbonyl (C=O) groups excluding carboxylic acids is 4. The normalized spacial score (nSPS) is 13.8. The summed E-state index contributed by atoms with van der Waals surface area (Å²) >= 11 is 0. The molecule has 0 spiro atoms. The second-order valence-corrected chi connectivity index (χ2v) is 4.87.